The smallest absolute Gasteiger partial charge is 0.260 e. The van der Waals surface area contributed by atoms with Crippen LogP contribution in [0.25, 0.3) is 22.6 Å². The van der Waals surface area contributed by atoms with E-state index in [0.717, 1.165) is 28.9 Å². The topological polar surface area (TPSA) is 61.6 Å². The number of carbonyl (C=O) groups is 1. The van der Waals surface area contributed by atoms with E-state index in [4.69, 9.17) is 13.9 Å². The van der Waals surface area contributed by atoms with E-state index in [1.807, 2.05) is 66.7 Å². The van der Waals surface area contributed by atoms with Gasteiger partial charge in [-0.3, -0.25) is 4.79 Å². The average Bonchev–Trinajstić information content (AvgIpc) is 3.27. The van der Waals surface area contributed by atoms with Crippen molar-refractivity contribution in [1.29, 1.82) is 0 Å². The number of carbonyl (C=O) groups excluding carboxylic acids is 1. The minimum absolute atomic E-state index is 0.0548. The monoisotopic (exact) mass is 413 g/mol. The van der Waals surface area contributed by atoms with Gasteiger partial charge in [0, 0.05) is 11.1 Å². The van der Waals surface area contributed by atoms with Crippen molar-refractivity contribution in [3.63, 3.8) is 0 Å². The van der Waals surface area contributed by atoms with E-state index in [2.05, 4.69) is 17.1 Å². The van der Waals surface area contributed by atoms with Crippen LogP contribution in [-0.4, -0.2) is 25.0 Å². The summed E-state index contributed by atoms with van der Waals surface area (Å²) in [4.78, 5) is 15.6. The Kier molecular flexibility index (Phi) is 6.55. The molecule has 0 aliphatic heterocycles. The molecule has 4 aromatic rings. The standard InChI is InChI=1S/C26H23NO4/c1-29-23-13-11-21(12-14-23)25-26(31-24(17-28)27-25)22-9-7-19(8-10-22)15-16-30-18-20-5-3-2-4-6-20/h2-14,17H,15-16,18H2,1H3. The molecular weight excluding hydrogens is 390 g/mol. The zero-order valence-corrected chi connectivity index (χ0v) is 17.3. The Morgan fingerprint density at radius 2 is 1.58 bits per heavy atom. The van der Waals surface area contributed by atoms with Gasteiger partial charge in [-0.25, -0.2) is 4.98 Å². The largest absolute Gasteiger partial charge is 0.497 e. The number of methoxy groups -OCH3 is 1. The number of aldehydes is 1. The van der Waals surface area contributed by atoms with Gasteiger partial charge in [-0.15, -0.1) is 0 Å². The lowest BCUT2D eigenvalue weighted by molar-refractivity contribution is 0.109. The maximum atomic E-state index is 11.2. The van der Waals surface area contributed by atoms with Crippen LogP contribution in [0.5, 0.6) is 5.75 Å². The Hall–Kier alpha value is -3.70. The summed E-state index contributed by atoms with van der Waals surface area (Å²) in [6.07, 6.45) is 1.43. The number of ether oxygens (including phenoxy) is 2. The van der Waals surface area contributed by atoms with Crippen molar-refractivity contribution in [2.45, 2.75) is 13.0 Å². The van der Waals surface area contributed by atoms with Gasteiger partial charge < -0.3 is 13.9 Å². The first-order valence-corrected chi connectivity index (χ1v) is 10.1. The summed E-state index contributed by atoms with van der Waals surface area (Å²) in [5, 5.41) is 0. The molecule has 1 heterocycles. The van der Waals surface area contributed by atoms with E-state index in [1.54, 1.807) is 7.11 Å². The van der Waals surface area contributed by atoms with E-state index in [-0.39, 0.29) is 5.89 Å². The molecule has 1 aromatic heterocycles. The highest BCUT2D eigenvalue weighted by Crippen LogP contribution is 2.33. The first-order valence-electron chi connectivity index (χ1n) is 10.1. The van der Waals surface area contributed by atoms with Crippen LogP contribution >= 0.6 is 0 Å². The highest BCUT2D eigenvalue weighted by atomic mass is 16.5. The van der Waals surface area contributed by atoms with Crippen molar-refractivity contribution in [2.24, 2.45) is 0 Å². The molecule has 0 radical (unpaired) electrons. The molecule has 0 spiro atoms. The Morgan fingerprint density at radius 1 is 0.871 bits per heavy atom. The highest BCUT2D eigenvalue weighted by Gasteiger charge is 2.17. The van der Waals surface area contributed by atoms with Crippen LogP contribution in [-0.2, 0) is 17.8 Å². The second-order valence-corrected chi connectivity index (χ2v) is 7.06. The van der Waals surface area contributed by atoms with Gasteiger partial charge in [-0.05, 0) is 41.8 Å². The van der Waals surface area contributed by atoms with Crippen molar-refractivity contribution in [2.75, 3.05) is 13.7 Å². The molecule has 0 atom stereocenters. The van der Waals surface area contributed by atoms with Crippen molar-refractivity contribution < 1.29 is 18.7 Å². The molecule has 0 aliphatic carbocycles. The lowest BCUT2D eigenvalue weighted by Gasteiger charge is -2.06. The van der Waals surface area contributed by atoms with Crippen LogP contribution in [0.4, 0.5) is 0 Å². The fraction of sp³-hybridized carbons (Fsp3) is 0.154. The van der Waals surface area contributed by atoms with Gasteiger partial charge in [0.2, 0.25) is 6.29 Å². The summed E-state index contributed by atoms with van der Waals surface area (Å²) in [6, 6.07) is 25.7. The van der Waals surface area contributed by atoms with Crippen molar-refractivity contribution in [3.8, 4) is 28.3 Å². The van der Waals surface area contributed by atoms with Gasteiger partial charge in [-0.2, -0.15) is 0 Å². The van der Waals surface area contributed by atoms with Gasteiger partial charge in [0.05, 0.1) is 20.3 Å². The first-order chi connectivity index (χ1) is 15.3. The fourth-order valence-electron chi connectivity index (χ4n) is 3.30. The Balaban J connectivity index is 1.45. The normalized spacial score (nSPS) is 10.7. The average molecular weight is 413 g/mol. The third kappa shape index (κ3) is 5.08. The number of hydrogen-bond acceptors (Lipinski definition) is 5. The maximum Gasteiger partial charge on any atom is 0.260 e. The molecule has 0 amide bonds. The number of aromatic nitrogens is 1. The van der Waals surface area contributed by atoms with Crippen LogP contribution in [0.1, 0.15) is 21.8 Å². The van der Waals surface area contributed by atoms with E-state index >= 15 is 0 Å². The fourth-order valence-corrected chi connectivity index (χ4v) is 3.30. The summed E-state index contributed by atoms with van der Waals surface area (Å²) in [5.74, 6) is 1.38. The third-order valence-electron chi connectivity index (χ3n) is 4.97. The van der Waals surface area contributed by atoms with E-state index in [9.17, 15) is 4.79 Å². The van der Waals surface area contributed by atoms with Crippen LogP contribution in [0.2, 0.25) is 0 Å². The van der Waals surface area contributed by atoms with E-state index in [0.29, 0.717) is 31.0 Å². The third-order valence-corrected chi connectivity index (χ3v) is 4.97. The molecule has 3 aromatic carbocycles. The predicted octanol–water partition coefficient (Wildman–Crippen LogP) is 5.59. The molecule has 5 nitrogen and oxygen atoms in total. The molecule has 0 fully saturated rings. The van der Waals surface area contributed by atoms with Gasteiger partial charge in [0.15, 0.2) is 5.76 Å². The lowest BCUT2D eigenvalue weighted by Crippen LogP contribution is -1.99. The SMILES string of the molecule is COc1ccc(-c2nc(C=O)oc2-c2ccc(CCOCc3ccccc3)cc2)cc1. The molecule has 0 bridgehead atoms. The quantitative estimate of drug-likeness (QED) is 0.264. The number of benzene rings is 3. The van der Waals surface area contributed by atoms with Crippen molar-refractivity contribution in [1.82, 2.24) is 4.98 Å². The zero-order valence-electron chi connectivity index (χ0n) is 17.3. The molecule has 31 heavy (non-hydrogen) atoms. The maximum absolute atomic E-state index is 11.2. The summed E-state index contributed by atoms with van der Waals surface area (Å²) >= 11 is 0. The van der Waals surface area contributed by atoms with Gasteiger partial charge in [-0.1, -0.05) is 54.6 Å². The summed E-state index contributed by atoms with van der Waals surface area (Å²) in [5.41, 5.74) is 4.67. The number of nitrogens with zero attached hydrogens (tertiary/aromatic N) is 1. The van der Waals surface area contributed by atoms with Crippen LogP contribution in [0, 0.1) is 0 Å². The minimum Gasteiger partial charge on any atom is -0.497 e. The summed E-state index contributed by atoms with van der Waals surface area (Å²) < 4.78 is 16.7. The van der Waals surface area contributed by atoms with Crippen LogP contribution < -0.4 is 4.74 Å². The Bertz CT molecular complexity index is 1120. The molecule has 156 valence electrons. The van der Waals surface area contributed by atoms with E-state index in [1.165, 1.54) is 5.56 Å². The van der Waals surface area contributed by atoms with Gasteiger partial charge in [0.1, 0.15) is 11.4 Å². The predicted molar refractivity (Wildman–Crippen MR) is 119 cm³/mol. The zero-order chi connectivity index (χ0) is 21.5. The molecule has 0 saturated heterocycles. The summed E-state index contributed by atoms with van der Waals surface area (Å²) in [6.45, 7) is 1.25. The molecule has 0 N–H and O–H groups in total. The van der Waals surface area contributed by atoms with Crippen LogP contribution in [0.3, 0.4) is 0 Å². The number of hydrogen-bond donors (Lipinski definition) is 0. The van der Waals surface area contributed by atoms with Crippen molar-refractivity contribution in [3.05, 3.63) is 95.9 Å². The van der Waals surface area contributed by atoms with Crippen LogP contribution in [0.15, 0.2) is 83.3 Å². The summed E-state index contributed by atoms with van der Waals surface area (Å²) in [7, 11) is 1.62. The molecule has 0 saturated carbocycles. The second kappa shape index (κ2) is 9.87. The lowest BCUT2D eigenvalue weighted by atomic mass is 10.0. The van der Waals surface area contributed by atoms with Gasteiger partial charge in [0.25, 0.3) is 5.89 Å². The van der Waals surface area contributed by atoms with E-state index < -0.39 is 0 Å². The van der Waals surface area contributed by atoms with Gasteiger partial charge >= 0.3 is 0 Å². The highest BCUT2D eigenvalue weighted by molar-refractivity contribution is 5.80. The molecular formula is C26H23NO4. The number of oxazole rings is 1. The minimum atomic E-state index is 0.0548. The molecule has 0 aliphatic rings. The molecule has 0 unspecified atom stereocenters. The molecule has 4 rings (SSSR count). The second-order valence-electron chi connectivity index (χ2n) is 7.06. The van der Waals surface area contributed by atoms with Crippen molar-refractivity contribution >= 4 is 6.29 Å². The number of rotatable bonds is 9. The Morgan fingerprint density at radius 3 is 2.26 bits per heavy atom. The molecule has 5 heteroatoms. The first kappa shape index (κ1) is 20.6. The Labute approximate surface area is 181 Å².